The van der Waals surface area contributed by atoms with Crippen LogP contribution in [0.3, 0.4) is 0 Å². The van der Waals surface area contributed by atoms with Crippen molar-refractivity contribution in [2.75, 3.05) is 19.8 Å². The van der Waals surface area contributed by atoms with Gasteiger partial charge in [-0.3, -0.25) is 0 Å². The van der Waals surface area contributed by atoms with Crippen molar-refractivity contribution >= 4 is 11.8 Å². The first-order chi connectivity index (χ1) is 9.51. The summed E-state index contributed by atoms with van der Waals surface area (Å²) < 4.78 is 17.2. The molecule has 0 aliphatic carbocycles. The third kappa shape index (κ3) is 2.73. The molecular formula is C15H20O4S. The molecule has 2 heterocycles. The maximum atomic E-state index is 10.6. The van der Waals surface area contributed by atoms with Crippen molar-refractivity contribution in [1.29, 1.82) is 0 Å². The van der Waals surface area contributed by atoms with Gasteiger partial charge in [0.1, 0.15) is 11.7 Å². The van der Waals surface area contributed by atoms with E-state index in [1.54, 1.807) is 11.8 Å². The van der Waals surface area contributed by atoms with Gasteiger partial charge >= 0.3 is 0 Å². The van der Waals surface area contributed by atoms with Crippen molar-refractivity contribution in [2.45, 2.75) is 41.5 Å². The number of thioether (sulfide) groups is 1. The minimum atomic E-state index is -0.720. The summed E-state index contributed by atoms with van der Waals surface area (Å²) >= 11 is 1.64. The van der Waals surface area contributed by atoms with E-state index in [9.17, 15) is 5.11 Å². The highest BCUT2D eigenvalue weighted by Gasteiger charge is 2.53. The third-order valence-electron chi connectivity index (χ3n) is 3.79. The molecule has 2 atom stereocenters. The Balaban J connectivity index is 1.67. The van der Waals surface area contributed by atoms with Crippen molar-refractivity contribution in [3.05, 3.63) is 30.3 Å². The van der Waals surface area contributed by atoms with Crippen molar-refractivity contribution in [3.63, 3.8) is 0 Å². The molecule has 2 aliphatic rings. The van der Waals surface area contributed by atoms with Gasteiger partial charge in [-0.1, -0.05) is 18.2 Å². The molecular weight excluding hydrogens is 276 g/mol. The Bertz CT molecular complexity index is 452. The van der Waals surface area contributed by atoms with Crippen LogP contribution in [0.4, 0.5) is 0 Å². The standard InChI is InChI=1S/C15H20O4S/c1-14(2)18-9-15(10-19-14)13(16)12(8-17-15)20-11-6-4-3-5-7-11/h3-7,12-13,16H,8-10H2,1-2H3/t12-,13+/m0/s1. The monoisotopic (exact) mass is 296 g/mol. The molecule has 3 rings (SSSR count). The smallest absolute Gasteiger partial charge is 0.163 e. The van der Waals surface area contributed by atoms with Gasteiger partial charge in [0.05, 0.1) is 25.1 Å². The Hall–Kier alpha value is -0.590. The molecule has 2 fully saturated rings. The highest BCUT2D eigenvalue weighted by molar-refractivity contribution is 8.00. The first-order valence-corrected chi connectivity index (χ1v) is 7.70. The van der Waals surface area contributed by atoms with E-state index in [0.717, 1.165) is 4.90 Å². The molecule has 1 N–H and O–H groups in total. The molecule has 1 aromatic rings. The van der Waals surface area contributed by atoms with Gasteiger partial charge in [0, 0.05) is 4.90 Å². The number of aliphatic hydroxyl groups excluding tert-OH is 1. The summed E-state index contributed by atoms with van der Waals surface area (Å²) in [6, 6.07) is 10.1. The second-order valence-corrected chi connectivity index (χ2v) is 7.08. The average molecular weight is 296 g/mol. The van der Waals surface area contributed by atoms with E-state index < -0.39 is 17.5 Å². The van der Waals surface area contributed by atoms with Crippen LogP contribution in [0, 0.1) is 0 Å². The summed E-state index contributed by atoms with van der Waals surface area (Å²) in [5.41, 5.74) is -0.720. The zero-order valence-corrected chi connectivity index (χ0v) is 12.6. The molecule has 0 saturated carbocycles. The van der Waals surface area contributed by atoms with Crippen molar-refractivity contribution in [2.24, 2.45) is 0 Å². The predicted molar refractivity (Wildman–Crippen MR) is 76.8 cm³/mol. The van der Waals surface area contributed by atoms with Crippen LogP contribution in [-0.4, -0.2) is 47.7 Å². The Kier molecular flexibility index (Phi) is 3.81. The van der Waals surface area contributed by atoms with Gasteiger partial charge in [0.25, 0.3) is 0 Å². The molecule has 0 unspecified atom stereocenters. The first-order valence-electron chi connectivity index (χ1n) is 6.82. The molecule has 0 bridgehead atoms. The summed E-state index contributed by atoms with van der Waals surface area (Å²) in [5.74, 6) is -0.598. The maximum absolute atomic E-state index is 10.6. The average Bonchev–Trinajstić information content (AvgIpc) is 2.73. The molecule has 0 amide bonds. The first kappa shape index (κ1) is 14.4. The fourth-order valence-electron chi connectivity index (χ4n) is 2.47. The molecule has 20 heavy (non-hydrogen) atoms. The molecule has 0 radical (unpaired) electrons. The zero-order valence-electron chi connectivity index (χ0n) is 11.7. The molecule has 0 aromatic heterocycles. The Morgan fingerprint density at radius 3 is 2.40 bits per heavy atom. The van der Waals surface area contributed by atoms with Gasteiger partial charge in [-0.05, 0) is 26.0 Å². The topological polar surface area (TPSA) is 47.9 Å². The summed E-state index contributed by atoms with van der Waals surface area (Å²) in [6.07, 6.45) is -0.594. The lowest BCUT2D eigenvalue weighted by molar-refractivity contribution is -0.312. The second kappa shape index (κ2) is 5.31. The summed E-state index contributed by atoms with van der Waals surface area (Å²) in [6.45, 7) is 4.99. The van der Waals surface area contributed by atoms with E-state index in [1.807, 2.05) is 44.2 Å². The SMILES string of the molecule is CC1(C)OCC2(CO1)OC[C@H](Sc1ccccc1)[C@H]2O. The van der Waals surface area contributed by atoms with Crippen LogP contribution < -0.4 is 0 Å². The van der Waals surface area contributed by atoms with Crippen LogP contribution in [0.5, 0.6) is 0 Å². The number of aliphatic hydroxyl groups is 1. The fraction of sp³-hybridized carbons (Fsp3) is 0.600. The largest absolute Gasteiger partial charge is 0.389 e. The van der Waals surface area contributed by atoms with Gasteiger partial charge in [0.15, 0.2) is 5.79 Å². The molecule has 110 valence electrons. The quantitative estimate of drug-likeness (QED) is 0.905. The summed E-state index contributed by atoms with van der Waals surface area (Å²) in [5, 5.41) is 10.6. The number of hydrogen-bond donors (Lipinski definition) is 1. The van der Waals surface area contributed by atoms with E-state index in [2.05, 4.69) is 0 Å². The van der Waals surface area contributed by atoms with Gasteiger partial charge in [0.2, 0.25) is 0 Å². The van der Waals surface area contributed by atoms with Crippen molar-refractivity contribution < 1.29 is 19.3 Å². The summed E-state index contributed by atoms with van der Waals surface area (Å²) in [7, 11) is 0. The Labute approximate surface area is 123 Å². The van der Waals surface area contributed by atoms with Crippen LogP contribution >= 0.6 is 11.8 Å². The van der Waals surface area contributed by atoms with Crippen LogP contribution in [0.25, 0.3) is 0 Å². The molecule has 4 nitrogen and oxygen atoms in total. The summed E-state index contributed by atoms with van der Waals surface area (Å²) in [4.78, 5) is 1.13. The Morgan fingerprint density at radius 2 is 1.75 bits per heavy atom. The lowest BCUT2D eigenvalue weighted by atomic mass is 9.97. The van der Waals surface area contributed by atoms with Crippen LogP contribution in [0.2, 0.25) is 0 Å². The fourth-order valence-corrected chi connectivity index (χ4v) is 3.64. The van der Waals surface area contributed by atoms with E-state index in [0.29, 0.717) is 19.8 Å². The van der Waals surface area contributed by atoms with E-state index in [1.165, 1.54) is 0 Å². The highest BCUT2D eigenvalue weighted by Crippen LogP contribution is 2.40. The van der Waals surface area contributed by atoms with Gasteiger partial charge in [-0.2, -0.15) is 0 Å². The lowest BCUT2D eigenvalue weighted by Crippen LogP contribution is -2.57. The number of ether oxygens (including phenoxy) is 3. The highest BCUT2D eigenvalue weighted by atomic mass is 32.2. The molecule has 1 aromatic carbocycles. The lowest BCUT2D eigenvalue weighted by Gasteiger charge is -2.42. The van der Waals surface area contributed by atoms with Crippen LogP contribution in [0.1, 0.15) is 13.8 Å². The third-order valence-corrected chi connectivity index (χ3v) is 5.03. The molecule has 1 spiro atoms. The van der Waals surface area contributed by atoms with E-state index in [-0.39, 0.29) is 5.25 Å². The number of benzene rings is 1. The maximum Gasteiger partial charge on any atom is 0.163 e. The van der Waals surface area contributed by atoms with Crippen molar-refractivity contribution in [3.8, 4) is 0 Å². The molecule has 2 saturated heterocycles. The van der Waals surface area contributed by atoms with Gasteiger partial charge in [-0.15, -0.1) is 11.8 Å². The second-order valence-electron chi connectivity index (χ2n) is 5.77. The normalized spacial score (nSPS) is 31.6. The minimum Gasteiger partial charge on any atom is -0.389 e. The van der Waals surface area contributed by atoms with Crippen LogP contribution in [-0.2, 0) is 14.2 Å². The van der Waals surface area contributed by atoms with Crippen molar-refractivity contribution in [1.82, 2.24) is 0 Å². The van der Waals surface area contributed by atoms with Gasteiger partial charge < -0.3 is 19.3 Å². The Morgan fingerprint density at radius 1 is 1.10 bits per heavy atom. The number of rotatable bonds is 2. The molecule has 5 heteroatoms. The van der Waals surface area contributed by atoms with E-state index >= 15 is 0 Å². The molecule has 2 aliphatic heterocycles. The van der Waals surface area contributed by atoms with Gasteiger partial charge in [-0.25, -0.2) is 0 Å². The van der Waals surface area contributed by atoms with Crippen LogP contribution in [0.15, 0.2) is 35.2 Å². The van der Waals surface area contributed by atoms with E-state index in [4.69, 9.17) is 14.2 Å². The minimum absolute atomic E-state index is 0.00538. The number of hydrogen-bond acceptors (Lipinski definition) is 5. The zero-order chi connectivity index (χ0) is 14.2. The predicted octanol–water partition coefficient (Wildman–Crippen LogP) is 2.06.